The summed E-state index contributed by atoms with van der Waals surface area (Å²) in [6.45, 7) is 0. The van der Waals surface area contributed by atoms with Crippen LogP contribution in [0.1, 0.15) is 25.7 Å². The average molecular weight is 140 g/mol. The van der Waals surface area contributed by atoms with Crippen LogP contribution in [0.4, 0.5) is 0 Å². The minimum Gasteiger partial charge on any atom is -0.327 e. The molecule has 1 saturated carbocycles. The molecule has 1 unspecified atom stereocenters. The van der Waals surface area contributed by atoms with Crippen LogP contribution in [0.15, 0.2) is 4.99 Å². The van der Waals surface area contributed by atoms with E-state index in [1.54, 1.807) is 0 Å². The van der Waals surface area contributed by atoms with Gasteiger partial charge in [-0.25, -0.2) is 0 Å². The first-order valence-corrected chi connectivity index (χ1v) is 4.02. The average Bonchev–Trinajstić information content (AvgIpc) is 1.94. The second kappa shape index (κ2) is 3.71. The van der Waals surface area contributed by atoms with Crippen LogP contribution in [0.25, 0.3) is 0 Å². The molecule has 1 fully saturated rings. The molecule has 1 aliphatic carbocycles. The van der Waals surface area contributed by atoms with E-state index in [0.717, 1.165) is 0 Å². The first-order chi connectivity index (χ1) is 4.84. The van der Waals surface area contributed by atoms with E-state index in [1.165, 1.54) is 25.7 Å². The van der Waals surface area contributed by atoms with Crippen molar-refractivity contribution in [2.24, 2.45) is 16.6 Å². The lowest BCUT2D eigenvalue weighted by atomic mass is 9.86. The van der Waals surface area contributed by atoms with Crippen molar-refractivity contribution < 1.29 is 0 Å². The number of aliphatic imine (C=N–C) groups is 1. The summed E-state index contributed by atoms with van der Waals surface area (Å²) in [6, 6.07) is 0.373. The van der Waals surface area contributed by atoms with Crippen molar-refractivity contribution in [3.8, 4) is 0 Å². The molecule has 58 valence electrons. The van der Waals surface area contributed by atoms with Gasteiger partial charge >= 0.3 is 0 Å². The van der Waals surface area contributed by atoms with Gasteiger partial charge in [0.1, 0.15) is 0 Å². The second-order valence-corrected chi connectivity index (χ2v) is 3.02. The van der Waals surface area contributed by atoms with Crippen molar-refractivity contribution in [3.05, 3.63) is 0 Å². The zero-order chi connectivity index (χ0) is 7.40. The van der Waals surface area contributed by atoms with Gasteiger partial charge in [0, 0.05) is 25.2 Å². The Kier molecular flexibility index (Phi) is 2.87. The molecule has 1 aliphatic rings. The molecule has 0 aromatic rings. The third kappa shape index (κ3) is 1.81. The Morgan fingerprint density at radius 1 is 1.40 bits per heavy atom. The summed E-state index contributed by atoms with van der Waals surface area (Å²) in [5.74, 6) is 0.554. The van der Waals surface area contributed by atoms with E-state index in [1.807, 2.05) is 13.3 Å². The van der Waals surface area contributed by atoms with E-state index in [2.05, 4.69) is 4.99 Å². The monoisotopic (exact) mass is 140 g/mol. The van der Waals surface area contributed by atoms with Crippen molar-refractivity contribution in [2.45, 2.75) is 31.7 Å². The lowest BCUT2D eigenvalue weighted by Gasteiger charge is -2.24. The molecule has 0 heterocycles. The lowest BCUT2D eigenvalue weighted by Crippen LogP contribution is -2.33. The second-order valence-electron chi connectivity index (χ2n) is 3.02. The molecular formula is C8H16N2. The third-order valence-corrected chi connectivity index (χ3v) is 2.22. The largest absolute Gasteiger partial charge is 0.327 e. The molecule has 0 amide bonds. The van der Waals surface area contributed by atoms with Crippen LogP contribution >= 0.6 is 0 Å². The van der Waals surface area contributed by atoms with Crippen LogP contribution in [0.2, 0.25) is 0 Å². The van der Waals surface area contributed by atoms with Crippen LogP contribution in [0, 0.1) is 5.92 Å². The molecule has 2 nitrogen and oxygen atoms in total. The van der Waals surface area contributed by atoms with Gasteiger partial charge < -0.3 is 10.7 Å². The molecule has 1 rings (SSSR count). The highest BCUT2D eigenvalue weighted by molar-refractivity contribution is 5.61. The molecule has 2 N–H and O–H groups in total. The van der Waals surface area contributed by atoms with Gasteiger partial charge in [-0.2, -0.15) is 0 Å². The van der Waals surface area contributed by atoms with Crippen molar-refractivity contribution in [2.75, 3.05) is 7.05 Å². The van der Waals surface area contributed by atoms with Crippen LogP contribution in [-0.2, 0) is 0 Å². The maximum absolute atomic E-state index is 5.87. The molecule has 0 radical (unpaired) electrons. The number of rotatable bonds is 1. The molecule has 0 spiro atoms. The predicted octanol–water partition coefficient (Wildman–Crippen LogP) is 1.20. The maximum atomic E-state index is 5.87. The summed E-state index contributed by atoms with van der Waals surface area (Å²) in [5, 5.41) is 0. The predicted molar refractivity (Wildman–Crippen MR) is 44.3 cm³/mol. The summed E-state index contributed by atoms with van der Waals surface area (Å²) in [6.07, 6.45) is 7.04. The number of nitrogens with two attached hydrogens (primary N) is 1. The molecule has 0 bridgehead atoms. The van der Waals surface area contributed by atoms with Gasteiger partial charge in [-0.3, -0.25) is 0 Å². The summed E-state index contributed by atoms with van der Waals surface area (Å²) < 4.78 is 0. The highest BCUT2D eigenvalue weighted by Gasteiger charge is 2.18. The van der Waals surface area contributed by atoms with Crippen molar-refractivity contribution in [1.82, 2.24) is 0 Å². The quantitative estimate of drug-likeness (QED) is 0.546. The number of hydrogen-bond acceptors (Lipinski definition) is 2. The van der Waals surface area contributed by atoms with Gasteiger partial charge in [-0.1, -0.05) is 12.8 Å². The fourth-order valence-electron chi connectivity index (χ4n) is 1.56. The van der Waals surface area contributed by atoms with E-state index >= 15 is 0 Å². The lowest BCUT2D eigenvalue weighted by molar-refractivity contribution is 0.385. The molecule has 0 aliphatic heterocycles. The Balaban J connectivity index is 2.39. The highest BCUT2D eigenvalue weighted by atomic mass is 14.7. The molecule has 10 heavy (non-hydrogen) atoms. The third-order valence-electron chi connectivity index (χ3n) is 2.22. The maximum Gasteiger partial charge on any atom is 0.0273 e. The van der Waals surface area contributed by atoms with Crippen LogP contribution in [0.3, 0.4) is 0 Å². The van der Waals surface area contributed by atoms with E-state index < -0.39 is 0 Å². The van der Waals surface area contributed by atoms with Crippen molar-refractivity contribution in [1.29, 1.82) is 0 Å². The van der Waals surface area contributed by atoms with Crippen LogP contribution < -0.4 is 5.73 Å². The van der Waals surface area contributed by atoms with Crippen molar-refractivity contribution >= 4 is 6.21 Å². The smallest absolute Gasteiger partial charge is 0.0273 e. The molecule has 0 saturated heterocycles. The van der Waals surface area contributed by atoms with E-state index in [-0.39, 0.29) is 0 Å². The Morgan fingerprint density at radius 2 is 2.10 bits per heavy atom. The number of nitrogens with zero attached hydrogens (tertiary/aromatic N) is 1. The summed E-state index contributed by atoms with van der Waals surface area (Å²) in [5.41, 5.74) is 5.87. The van der Waals surface area contributed by atoms with Gasteiger partial charge in [0.15, 0.2) is 0 Å². The molecule has 0 aromatic carbocycles. The standard InChI is InChI=1S/C8H16N2/c1-10-6-7-4-2-3-5-8(7)9/h6-8H,2-5,9H2,1H3/b10-6-/t7?,8-/m1/s1. The summed E-state index contributed by atoms with van der Waals surface area (Å²) >= 11 is 0. The van der Waals surface area contributed by atoms with Crippen LogP contribution in [0.5, 0.6) is 0 Å². The highest BCUT2D eigenvalue weighted by Crippen LogP contribution is 2.20. The van der Waals surface area contributed by atoms with E-state index in [0.29, 0.717) is 12.0 Å². The molecular weight excluding hydrogens is 124 g/mol. The first-order valence-electron chi connectivity index (χ1n) is 4.02. The fourth-order valence-corrected chi connectivity index (χ4v) is 1.56. The molecule has 2 atom stereocenters. The Hall–Kier alpha value is -0.370. The molecule has 0 aromatic heterocycles. The van der Waals surface area contributed by atoms with Gasteiger partial charge in [-0.05, 0) is 12.8 Å². The minimum atomic E-state index is 0.373. The first kappa shape index (κ1) is 7.73. The Bertz CT molecular complexity index is 120. The van der Waals surface area contributed by atoms with E-state index in [9.17, 15) is 0 Å². The summed E-state index contributed by atoms with van der Waals surface area (Å²) in [4.78, 5) is 4.00. The topological polar surface area (TPSA) is 38.4 Å². The van der Waals surface area contributed by atoms with Crippen LogP contribution in [-0.4, -0.2) is 19.3 Å². The fraction of sp³-hybridized carbons (Fsp3) is 0.875. The van der Waals surface area contributed by atoms with E-state index in [4.69, 9.17) is 5.73 Å². The van der Waals surface area contributed by atoms with Gasteiger partial charge in [0.2, 0.25) is 0 Å². The Morgan fingerprint density at radius 3 is 2.70 bits per heavy atom. The van der Waals surface area contributed by atoms with Gasteiger partial charge in [-0.15, -0.1) is 0 Å². The number of hydrogen-bond donors (Lipinski definition) is 1. The zero-order valence-electron chi connectivity index (χ0n) is 6.59. The normalized spacial score (nSPS) is 35.0. The van der Waals surface area contributed by atoms with Gasteiger partial charge in [0.25, 0.3) is 0 Å². The SMILES string of the molecule is C/N=C\C1CCCC[C@H]1N. The van der Waals surface area contributed by atoms with Gasteiger partial charge in [0.05, 0.1) is 0 Å². The Labute approximate surface area is 62.5 Å². The van der Waals surface area contributed by atoms with Crippen molar-refractivity contribution in [3.63, 3.8) is 0 Å². The summed E-state index contributed by atoms with van der Waals surface area (Å²) in [7, 11) is 1.82. The molecule has 2 heteroatoms. The zero-order valence-corrected chi connectivity index (χ0v) is 6.59. The minimum absolute atomic E-state index is 0.373.